The van der Waals surface area contributed by atoms with Crippen LogP contribution in [0.5, 0.6) is 23.0 Å². The molecule has 3 aromatic heterocycles. The number of halogens is 1. The SMILES string of the molecule is CCOc1cc2ncnc(Nc3cc(C)c(Oc4ccn5ncnc5c4)cc3OC)c2cc1NC(=O)/C(F)=C/[C@H]1CCCN1C. The number of carbonyl (C=O) groups is 1. The van der Waals surface area contributed by atoms with Gasteiger partial charge in [0, 0.05) is 35.8 Å². The van der Waals surface area contributed by atoms with E-state index in [2.05, 4.69) is 30.7 Å². The zero-order chi connectivity index (χ0) is 31.5. The van der Waals surface area contributed by atoms with Gasteiger partial charge in [-0.2, -0.15) is 5.10 Å². The highest BCUT2D eigenvalue weighted by atomic mass is 19.1. The van der Waals surface area contributed by atoms with Crippen LogP contribution in [0.3, 0.4) is 0 Å². The molecule has 0 saturated carbocycles. The van der Waals surface area contributed by atoms with Crippen molar-refractivity contribution in [2.75, 3.05) is 37.9 Å². The first-order valence-corrected chi connectivity index (χ1v) is 14.6. The van der Waals surface area contributed by atoms with Crippen molar-refractivity contribution in [3.63, 3.8) is 0 Å². The Labute approximate surface area is 258 Å². The average Bonchev–Trinajstić information content (AvgIpc) is 3.67. The second kappa shape index (κ2) is 12.7. The van der Waals surface area contributed by atoms with Gasteiger partial charge in [0.15, 0.2) is 11.5 Å². The number of aromatic nitrogens is 5. The van der Waals surface area contributed by atoms with Gasteiger partial charge < -0.3 is 24.8 Å². The number of nitrogens with zero attached hydrogens (tertiary/aromatic N) is 6. The molecule has 5 aromatic rings. The summed E-state index contributed by atoms with van der Waals surface area (Å²) in [6.07, 6.45) is 7.81. The number of rotatable bonds is 10. The number of pyridine rings is 1. The summed E-state index contributed by atoms with van der Waals surface area (Å²) in [5.74, 6) is 0.831. The molecular weight excluding hydrogens is 579 g/mol. The van der Waals surface area contributed by atoms with E-state index in [1.807, 2.05) is 31.9 Å². The smallest absolute Gasteiger partial charge is 0.284 e. The Bertz CT molecular complexity index is 1910. The fourth-order valence-corrected chi connectivity index (χ4v) is 5.29. The minimum absolute atomic E-state index is 0.115. The van der Waals surface area contributed by atoms with Crippen molar-refractivity contribution in [3.05, 3.63) is 72.7 Å². The molecule has 1 atom stereocenters. The molecule has 6 rings (SSSR count). The lowest BCUT2D eigenvalue weighted by atomic mass is 10.1. The van der Waals surface area contributed by atoms with Gasteiger partial charge in [-0.3, -0.25) is 9.69 Å². The van der Waals surface area contributed by atoms with E-state index < -0.39 is 11.7 Å². The maximum Gasteiger partial charge on any atom is 0.284 e. The number of carbonyl (C=O) groups excluding carboxylic acids is 1. The Morgan fingerprint density at radius 3 is 2.73 bits per heavy atom. The van der Waals surface area contributed by atoms with Gasteiger partial charge in [0.25, 0.3) is 5.91 Å². The fraction of sp³-hybridized carbons (Fsp3) is 0.281. The zero-order valence-electron chi connectivity index (χ0n) is 25.4. The minimum atomic E-state index is -0.849. The van der Waals surface area contributed by atoms with Crippen LogP contribution in [0.4, 0.5) is 21.6 Å². The number of ether oxygens (including phenoxy) is 3. The van der Waals surface area contributed by atoms with Crippen LogP contribution in [0.1, 0.15) is 25.3 Å². The van der Waals surface area contributed by atoms with Crippen LogP contribution < -0.4 is 24.8 Å². The predicted molar refractivity (Wildman–Crippen MR) is 168 cm³/mol. The Kier molecular flexibility index (Phi) is 8.43. The molecule has 2 N–H and O–H groups in total. The number of anilines is 3. The van der Waals surface area contributed by atoms with Gasteiger partial charge in [-0.05, 0) is 70.1 Å². The van der Waals surface area contributed by atoms with E-state index >= 15 is 0 Å². The highest BCUT2D eigenvalue weighted by Crippen LogP contribution is 2.39. The molecule has 232 valence electrons. The summed E-state index contributed by atoms with van der Waals surface area (Å²) >= 11 is 0. The monoisotopic (exact) mass is 612 g/mol. The standard InChI is InChI=1S/C32H33FN8O4/c1-5-44-29-15-24-22(14-26(29)39-32(42)23(33)12-20-7-6-9-40(20)3)31(36-17-34-24)38-25-11-19(2)27(16-28(25)43-4)45-21-8-10-41-30(13-21)35-18-37-41/h8,10-18,20H,5-7,9H2,1-4H3,(H,39,42)(H,34,36,38)/b23-12-/t20-/m1/s1. The molecule has 1 fully saturated rings. The average molecular weight is 613 g/mol. The molecule has 13 heteroatoms. The Hall–Kier alpha value is -5.30. The molecule has 4 heterocycles. The highest BCUT2D eigenvalue weighted by molar-refractivity contribution is 6.05. The fourth-order valence-electron chi connectivity index (χ4n) is 5.29. The van der Waals surface area contributed by atoms with Gasteiger partial charge >= 0.3 is 0 Å². The van der Waals surface area contributed by atoms with Gasteiger partial charge in [-0.15, -0.1) is 0 Å². The first-order valence-electron chi connectivity index (χ1n) is 14.6. The number of hydrogen-bond acceptors (Lipinski definition) is 10. The van der Waals surface area contributed by atoms with Gasteiger partial charge in [0.05, 0.1) is 30.6 Å². The van der Waals surface area contributed by atoms with Crippen molar-refractivity contribution in [3.8, 4) is 23.0 Å². The first kappa shape index (κ1) is 29.8. The second-order valence-electron chi connectivity index (χ2n) is 10.7. The number of fused-ring (bicyclic) bond motifs is 2. The number of nitrogens with one attached hydrogen (secondary N) is 2. The molecule has 12 nitrogen and oxygen atoms in total. The van der Waals surface area contributed by atoms with Crippen LogP contribution in [0.25, 0.3) is 16.6 Å². The van der Waals surface area contributed by atoms with Crippen LogP contribution in [0.15, 0.2) is 67.2 Å². The van der Waals surface area contributed by atoms with E-state index in [0.717, 1.165) is 24.9 Å². The van der Waals surface area contributed by atoms with Crippen molar-refractivity contribution >= 4 is 39.6 Å². The van der Waals surface area contributed by atoms with Crippen molar-refractivity contribution in [2.45, 2.75) is 32.7 Å². The third-order valence-electron chi connectivity index (χ3n) is 7.65. The van der Waals surface area contributed by atoms with Crippen LogP contribution in [-0.2, 0) is 4.79 Å². The summed E-state index contributed by atoms with van der Waals surface area (Å²) in [7, 11) is 3.48. The molecule has 0 bridgehead atoms. The topological polar surface area (TPSA) is 128 Å². The molecule has 0 unspecified atom stereocenters. The molecule has 1 amide bonds. The largest absolute Gasteiger partial charge is 0.494 e. The van der Waals surface area contributed by atoms with Gasteiger partial charge in [0.1, 0.15) is 41.5 Å². The summed E-state index contributed by atoms with van der Waals surface area (Å²) in [5, 5.41) is 10.7. The van der Waals surface area contributed by atoms with Crippen LogP contribution in [0.2, 0.25) is 0 Å². The van der Waals surface area contributed by atoms with Gasteiger partial charge in [-0.1, -0.05) is 0 Å². The normalized spacial score (nSPS) is 15.4. The van der Waals surface area contributed by atoms with Gasteiger partial charge in [-0.25, -0.2) is 23.9 Å². The number of likely N-dealkylation sites (tertiary alicyclic amines) is 1. The summed E-state index contributed by atoms with van der Waals surface area (Å²) in [6.45, 7) is 4.95. The number of likely N-dealkylation sites (N-methyl/N-ethyl adjacent to an activating group) is 1. The number of benzene rings is 2. The van der Waals surface area contributed by atoms with E-state index in [-0.39, 0.29) is 6.04 Å². The number of methoxy groups -OCH3 is 1. The molecule has 1 saturated heterocycles. The summed E-state index contributed by atoms with van der Waals surface area (Å²) < 4.78 is 34.2. The lowest BCUT2D eigenvalue weighted by molar-refractivity contribution is -0.114. The molecule has 0 spiro atoms. The van der Waals surface area contributed by atoms with Crippen molar-refractivity contribution in [1.29, 1.82) is 0 Å². The van der Waals surface area contributed by atoms with Crippen molar-refractivity contribution < 1.29 is 23.4 Å². The maximum atomic E-state index is 15.0. The maximum absolute atomic E-state index is 15.0. The summed E-state index contributed by atoms with van der Waals surface area (Å²) in [6, 6.07) is 10.5. The molecular formula is C32H33FN8O4. The van der Waals surface area contributed by atoms with Crippen molar-refractivity contribution in [1.82, 2.24) is 29.5 Å². The molecule has 45 heavy (non-hydrogen) atoms. The number of hydrogen-bond donors (Lipinski definition) is 2. The third-order valence-corrected chi connectivity index (χ3v) is 7.65. The van der Waals surface area contributed by atoms with E-state index in [4.69, 9.17) is 14.2 Å². The number of amides is 1. The lowest BCUT2D eigenvalue weighted by Crippen LogP contribution is -2.24. The quantitative estimate of drug-likeness (QED) is 0.187. The van der Waals surface area contributed by atoms with Crippen LogP contribution in [0, 0.1) is 6.92 Å². The van der Waals surface area contributed by atoms with E-state index in [9.17, 15) is 9.18 Å². The Morgan fingerprint density at radius 2 is 1.96 bits per heavy atom. The molecule has 2 aromatic carbocycles. The van der Waals surface area contributed by atoms with E-state index in [1.165, 1.54) is 18.7 Å². The molecule has 1 aliphatic heterocycles. The predicted octanol–water partition coefficient (Wildman–Crippen LogP) is 5.81. The molecule has 1 aliphatic rings. The van der Waals surface area contributed by atoms with Crippen LogP contribution in [-0.4, -0.2) is 68.7 Å². The first-order chi connectivity index (χ1) is 21.8. The zero-order valence-corrected chi connectivity index (χ0v) is 25.4. The molecule has 0 aliphatic carbocycles. The van der Waals surface area contributed by atoms with E-state index in [1.54, 1.807) is 48.2 Å². The molecule has 0 radical (unpaired) electrons. The lowest BCUT2D eigenvalue weighted by Gasteiger charge is -2.17. The summed E-state index contributed by atoms with van der Waals surface area (Å²) in [4.78, 5) is 28.0. The third kappa shape index (κ3) is 6.34. The number of aryl methyl sites for hydroxylation is 1. The van der Waals surface area contributed by atoms with Gasteiger partial charge in [0.2, 0.25) is 0 Å². The van der Waals surface area contributed by atoms with E-state index in [0.29, 0.717) is 63.3 Å². The van der Waals surface area contributed by atoms with Crippen LogP contribution >= 0.6 is 0 Å². The Morgan fingerprint density at radius 1 is 1.09 bits per heavy atom. The highest BCUT2D eigenvalue weighted by Gasteiger charge is 2.23. The second-order valence-corrected chi connectivity index (χ2v) is 10.7. The Balaban J connectivity index is 1.29. The van der Waals surface area contributed by atoms with Crippen molar-refractivity contribution in [2.24, 2.45) is 0 Å². The minimum Gasteiger partial charge on any atom is -0.494 e. The summed E-state index contributed by atoms with van der Waals surface area (Å²) in [5.41, 5.74) is 2.99.